The number of hydrogen-bond acceptors (Lipinski definition) is 6. The van der Waals surface area contributed by atoms with Crippen molar-refractivity contribution in [3.63, 3.8) is 0 Å². The number of ether oxygens (including phenoxy) is 2. The maximum absolute atomic E-state index is 12.5. The number of hydrogen-bond donors (Lipinski definition) is 1. The standard InChI is InChI=1S/C17H13N3O4/c1-17(23-14-9-7-12(11-18)8-10-14)15(21)20(16(22)24-17)19-13-5-3-2-4-6-13/h2-10,19H,1H3. The molecule has 0 aromatic heterocycles. The van der Waals surface area contributed by atoms with Gasteiger partial charge in [0, 0.05) is 6.92 Å². The Morgan fingerprint density at radius 2 is 1.79 bits per heavy atom. The molecule has 1 unspecified atom stereocenters. The van der Waals surface area contributed by atoms with Crippen LogP contribution in [0.25, 0.3) is 0 Å². The molecule has 1 saturated heterocycles. The topological polar surface area (TPSA) is 91.7 Å². The maximum Gasteiger partial charge on any atom is 0.439 e. The molecule has 0 saturated carbocycles. The van der Waals surface area contributed by atoms with Crippen LogP contribution in [0.3, 0.4) is 0 Å². The van der Waals surface area contributed by atoms with Crippen LogP contribution in [-0.4, -0.2) is 22.8 Å². The molecule has 2 amide bonds. The second kappa shape index (κ2) is 5.93. The summed E-state index contributed by atoms with van der Waals surface area (Å²) in [7, 11) is 0. The van der Waals surface area contributed by atoms with E-state index in [1.165, 1.54) is 19.1 Å². The number of nitriles is 1. The highest BCUT2D eigenvalue weighted by Crippen LogP contribution is 2.28. The fourth-order valence-corrected chi connectivity index (χ4v) is 2.17. The summed E-state index contributed by atoms with van der Waals surface area (Å²) in [6.45, 7) is 1.36. The van der Waals surface area contributed by atoms with Crippen LogP contribution in [0.2, 0.25) is 0 Å². The van der Waals surface area contributed by atoms with Crippen LogP contribution in [0, 0.1) is 11.3 Å². The first-order chi connectivity index (χ1) is 11.5. The van der Waals surface area contributed by atoms with Crippen molar-refractivity contribution < 1.29 is 19.1 Å². The Hall–Kier alpha value is -3.53. The van der Waals surface area contributed by atoms with E-state index in [9.17, 15) is 9.59 Å². The highest BCUT2D eigenvalue weighted by molar-refractivity contribution is 6.02. The van der Waals surface area contributed by atoms with E-state index >= 15 is 0 Å². The van der Waals surface area contributed by atoms with Crippen molar-refractivity contribution in [3.05, 3.63) is 60.2 Å². The molecular formula is C17H13N3O4. The molecule has 1 fully saturated rings. The monoisotopic (exact) mass is 323 g/mol. The number of anilines is 1. The summed E-state index contributed by atoms with van der Waals surface area (Å²) in [4.78, 5) is 24.5. The smallest absolute Gasteiger partial charge is 0.439 e. The second-order valence-electron chi connectivity index (χ2n) is 5.17. The molecule has 0 radical (unpaired) electrons. The van der Waals surface area contributed by atoms with Crippen LogP contribution in [0.15, 0.2) is 54.6 Å². The van der Waals surface area contributed by atoms with Gasteiger partial charge >= 0.3 is 17.8 Å². The Bertz CT molecular complexity index is 814. The highest BCUT2D eigenvalue weighted by atomic mass is 16.7. The van der Waals surface area contributed by atoms with Gasteiger partial charge in [-0.05, 0) is 36.4 Å². The first-order valence-corrected chi connectivity index (χ1v) is 7.10. The quantitative estimate of drug-likeness (QED) is 0.930. The fraction of sp³-hybridized carbons (Fsp3) is 0.118. The van der Waals surface area contributed by atoms with E-state index in [1.807, 2.05) is 12.1 Å². The molecule has 0 spiro atoms. The number of cyclic esters (lactones) is 1. The maximum atomic E-state index is 12.5. The Labute approximate surface area is 138 Å². The summed E-state index contributed by atoms with van der Waals surface area (Å²) < 4.78 is 10.6. The van der Waals surface area contributed by atoms with Crippen molar-refractivity contribution in [2.45, 2.75) is 12.7 Å². The lowest BCUT2D eigenvalue weighted by atomic mass is 10.2. The van der Waals surface area contributed by atoms with Crippen LogP contribution in [0.4, 0.5) is 10.5 Å². The van der Waals surface area contributed by atoms with Crippen molar-refractivity contribution in [1.29, 1.82) is 5.26 Å². The number of nitrogens with one attached hydrogen (secondary N) is 1. The first kappa shape index (κ1) is 15.4. The molecule has 0 bridgehead atoms. The lowest BCUT2D eigenvalue weighted by molar-refractivity contribution is -0.158. The third-order valence-corrected chi connectivity index (χ3v) is 3.37. The molecule has 120 valence electrons. The molecule has 1 N–H and O–H groups in total. The Morgan fingerprint density at radius 1 is 1.12 bits per heavy atom. The summed E-state index contributed by atoms with van der Waals surface area (Å²) in [6.07, 6.45) is -0.861. The number of benzene rings is 2. The molecule has 7 heteroatoms. The minimum absolute atomic E-state index is 0.305. The number of carbonyl (C=O) groups excluding carboxylic acids is 2. The van der Waals surface area contributed by atoms with Crippen LogP contribution >= 0.6 is 0 Å². The molecule has 1 atom stereocenters. The number of rotatable bonds is 4. The van der Waals surface area contributed by atoms with Gasteiger partial charge < -0.3 is 9.47 Å². The molecule has 7 nitrogen and oxygen atoms in total. The number of amides is 2. The molecule has 2 aromatic rings. The van der Waals surface area contributed by atoms with E-state index in [4.69, 9.17) is 14.7 Å². The van der Waals surface area contributed by atoms with Gasteiger partial charge in [-0.15, -0.1) is 5.01 Å². The number of imide groups is 1. The normalized spacial score (nSPS) is 19.6. The summed E-state index contributed by atoms with van der Waals surface area (Å²) >= 11 is 0. The minimum atomic E-state index is -1.78. The van der Waals surface area contributed by atoms with Crippen LogP contribution in [0.1, 0.15) is 12.5 Å². The van der Waals surface area contributed by atoms with Gasteiger partial charge in [-0.2, -0.15) is 5.26 Å². The molecule has 1 aliphatic rings. The molecular weight excluding hydrogens is 310 g/mol. The summed E-state index contributed by atoms with van der Waals surface area (Å²) in [6, 6.07) is 16.9. The van der Waals surface area contributed by atoms with Crippen molar-refractivity contribution in [1.82, 2.24) is 5.01 Å². The zero-order valence-electron chi connectivity index (χ0n) is 12.7. The van der Waals surface area contributed by atoms with E-state index in [0.717, 1.165) is 5.01 Å². The van der Waals surface area contributed by atoms with Crippen LogP contribution in [-0.2, 0) is 9.53 Å². The molecule has 1 heterocycles. The Morgan fingerprint density at radius 3 is 2.42 bits per heavy atom. The molecule has 0 aliphatic carbocycles. The lowest BCUT2D eigenvalue weighted by Gasteiger charge is -2.21. The Kier molecular flexibility index (Phi) is 3.80. The number of nitrogens with zero attached hydrogens (tertiary/aromatic N) is 2. The first-order valence-electron chi connectivity index (χ1n) is 7.10. The fourth-order valence-electron chi connectivity index (χ4n) is 2.17. The molecule has 1 aliphatic heterocycles. The van der Waals surface area contributed by atoms with Crippen molar-refractivity contribution in [2.24, 2.45) is 0 Å². The van der Waals surface area contributed by atoms with E-state index in [0.29, 0.717) is 17.0 Å². The lowest BCUT2D eigenvalue weighted by Crippen LogP contribution is -2.45. The zero-order valence-corrected chi connectivity index (χ0v) is 12.7. The largest absolute Gasteiger partial charge is 0.444 e. The van der Waals surface area contributed by atoms with Crippen LogP contribution < -0.4 is 10.2 Å². The third-order valence-electron chi connectivity index (χ3n) is 3.37. The second-order valence-corrected chi connectivity index (χ2v) is 5.17. The average molecular weight is 323 g/mol. The SMILES string of the molecule is CC1(Oc2ccc(C#N)cc2)OC(=O)N(Nc2ccccc2)C1=O. The van der Waals surface area contributed by atoms with Gasteiger partial charge in [0.05, 0.1) is 17.3 Å². The van der Waals surface area contributed by atoms with Gasteiger partial charge in [0.25, 0.3) is 0 Å². The Balaban J connectivity index is 1.77. The predicted octanol–water partition coefficient (Wildman–Crippen LogP) is 2.66. The van der Waals surface area contributed by atoms with Crippen molar-refractivity contribution in [2.75, 3.05) is 5.43 Å². The van der Waals surface area contributed by atoms with Crippen LogP contribution in [0.5, 0.6) is 5.75 Å². The molecule has 2 aromatic carbocycles. The summed E-state index contributed by atoms with van der Waals surface area (Å²) in [5.74, 6) is -2.16. The van der Waals surface area contributed by atoms with E-state index in [2.05, 4.69) is 5.43 Å². The predicted molar refractivity (Wildman–Crippen MR) is 83.6 cm³/mol. The number of hydrazine groups is 1. The molecule has 3 rings (SSSR count). The molecule has 24 heavy (non-hydrogen) atoms. The highest BCUT2D eigenvalue weighted by Gasteiger charge is 2.53. The minimum Gasteiger partial charge on any atom is -0.444 e. The van der Waals surface area contributed by atoms with E-state index in [-0.39, 0.29) is 0 Å². The summed E-state index contributed by atoms with van der Waals surface area (Å²) in [5.41, 5.74) is 3.70. The third kappa shape index (κ3) is 2.85. The van der Waals surface area contributed by atoms with Crippen molar-refractivity contribution in [3.8, 4) is 11.8 Å². The van der Waals surface area contributed by atoms with Gasteiger partial charge in [-0.1, -0.05) is 18.2 Å². The van der Waals surface area contributed by atoms with Gasteiger partial charge in [0.15, 0.2) is 0 Å². The van der Waals surface area contributed by atoms with E-state index in [1.54, 1.807) is 36.4 Å². The van der Waals surface area contributed by atoms with Crippen molar-refractivity contribution >= 4 is 17.7 Å². The van der Waals surface area contributed by atoms with Gasteiger partial charge in [0.1, 0.15) is 5.75 Å². The van der Waals surface area contributed by atoms with Gasteiger partial charge in [-0.3, -0.25) is 10.2 Å². The number of carbonyl (C=O) groups is 2. The van der Waals surface area contributed by atoms with E-state index < -0.39 is 17.8 Å². The average Bonchev–Trinajstić information content (AvgIpc) is 2.80. The number of para-hydroxylation sites is 1. The van der Waals surface area contributed by atoms with Gasteiger partial charge in [0.2, 0.25) is 0 Å². The van der Waals surface area contributed by atoms with Gasteiger partial charge in [-0.25, -0.2) is 4.79 Å². The zero-order chi connectivity index (χ0) is 17.2. The summed E-state index contributed by atoms with van der Waals surface area (Å²) in [5, 5.41) is 9.55.